The summed E-state index contributed by atoms with van der Waals surface area (Å²) in [7, 11) is 1.58. The van der Waals surface area contributed by atoms with Crippen molar-refractivity contribution in [2.75, 3.05) is 12.1 Å². The zero-order valence-corrected chi connectivity index (χ0v) is 19.4. The lowest BCUT2D eigenvalue weighted by Crippen LogP contribution is -2.23. The van der Waals surface area contributed by atoms with Crippen LogP contribution in [0.3, 0.4) is 0 Å². The maximum absolute atomic E-state index is 13.1. The largest absolute Gasteiger partial charge is 0.497 e. The van der Waals surface area contributed by atoms with E-state index in [9.17, 15) is 14.9 Å². The lowest BCUT2D eigenvalue weighted by molar-refractivity contribution is -0.384. The van der Waals surface area contributed by atoms with E-state index in [0.717, 1.165) is 4.70 Å². The molecule has 0 aliphatic heterocycles. The Labute approximate surface area is 203 Å². The van der Waals surface area contributed by atoms with Crippen LogP contribution in [-0.4, -0.2) is 29.1 Å². The van der Waals surface area contributed by atoms with Crippen LogP contribution >= 0.6 is 22.9 Å². The average molecular weight is 493 g/mol. The molecule has 0 saturated heterocycles. The highest BCUT2D eigenvalue weighted by Gasteiger charge is 2.18. The van der Waals surface area contributed by atoms with Crippen LogP contribution in [0, 0.1) is 10.1 Å². The molecule has 0 N–H and O–H groups in total. The molecule has 0 radical (unpaired) electrons. The molecule has 0 aliphatic rings. The summed E-state index contributed by atoms with van der Waals surface area (Å²) >= 11 is 7.47. The number of benzene rings is 3. The number of carbonyl (C=O) groups excluding carboxylic acids is 1. The molecule has 0 spiro atoms. The van der Waals surface area contributed by atoms with Crippen LogP contribution < -0.4 is 9.75 Å². The van der Waals surface area contributed by atoms with Crippen molar-refractivity contribution in [3.63, 3.8) is 0 Å². The van der Waals surface area contributed by atoms with E-state index in [1.54, 1.807) is 55.7 Å². The van der Waals surface area contributed by atoms with Gasteiger partial charge < -0.3 is 4.74 Å². The number of halogens is 1. The first-order chi connectivity index (χ1) is 16.4. The third-order valence-electron chi connectivity index (χ3n) is 4.71. The number of nitro benzene ring substituents is 1. The Kier molecular flexibility index (Phi) is 6.95. The first-order valence-electron chi connectivity index (χ1n) is 9.94. The topological polar surface area (TPSA) is 97.9 Å². The summed E-state index contributed by atoms with van der Waals surface area (Å²) in [5.74, 6) is 0.234. The number of aromatic nitrogens is 1. The molecule has 0 aliphatic carbocycles. The van der Waals surface area contributed by atoms with Crippen LogP contribution in [0.15, 0.2) is 77.9 Å². The van der Waals surface area contributed by atoms with Crippen LogP contribution in [0.2, 0.25) is 5.02 Å². The van der Waals surface area contributed by atoms with Crippen molar-refractivity contribution < 1.29 is 14.5 Å². The van der Waals surface area contributed by atoms with Crippen molar-refractivity contribution in [1.29, 1.82) is 0 Å². The number of thiazole rings is 1. The van der Waals surface area contributed by atoms with Gasteiger partial charge in [0.2, 0.25) is 5.13 Å². The van der Waals surface area contributed by atoms with E-state index in [1.807, 2.05) is 12.1 Å². The summed E-state index contributed by atoms with van der Waals surface area (Å²) in [6.07, 6.45) is 4.41. The fraction of sp³-hybridized carbons (Fsp3) is 0.0417. The molecule has 34 heavy (non-hydrogen) atoms. The number of non-ortho nitro benzene ring substituents is 1. The summed E-state index contributed by atoms with van der Waals surface area (Å²) in [6, 6.07) is 18.4. The van der Waals surface area contributed by atoms with Crippen molar-refractivity contribution in [3.8, 4) is 5.75 Å². The molecule has 170 valence electrons. The van der Waals surface area contributed by atoms with Gasteiger partial charge in [0.15, 0.2) is 0 Å². The fourth-order valence-electron chi connectivity index (χ4n) is 2.96. The van der Waals surface area contributed by atoms with Gasteiger partial charge in [0.1, 0.15) is 5.75 Å². The molecule has 1 heterocycles. The summed E-state index contributed by atoms with van der Waals surface area (Å²) < 4.78 is 6.09. The van der Waals surface area contributed by atoms with Gasteiger partial charge in [-0.15, -0.1) is 0 Å². The van der Waals surface area contributed by atoms with Gasteiger partial charge >= 0.3 is 0 Å². The second-order valence-electron chi connectivity index (χ2n) is 6.93. The number of nitro groups is 1. The van der Waals surface area contributed by atoms with Crippen LogP contribution in [0.1, 0.15) is 11.1 Å². The molecule has 0 unspecified atom stereocenters. The number of anilines is 1. The van der Waals surface area contributed by atoms with E-state index >= 15 is 0 Å². The van der Waals surface area contributed by atoms with Crippen LogP contribution in [0.5, 0.6) is 5.75 Å². The molecule has 3 aromatic carbocycles. The zero-order chi connectivity index (χ0) is 24.1. The first kappa shape index (κ1) is 23.1. The van der Waals surface area contributed by atoms with Gasteiger partial charge in [0.05, 0.1) is 28.5 Å². The highest BCUT2D eigenvalue weighted by atomic mass is 35.5. The Balaban J connectivity index is 1.68. The van der Waals surface area contributed by atoms with Gasteiger partial charge in [-0.1, -0.05) is 41.1 Å². The summed E-state index contributed by atoms with van der Waals surface area (Å²) in [5, 5.41) is 17.3. The standard InChI is InChI=1S/C24H17ClN4O4S/c1-33-19-11-12-21-22(14-19)34-24(27-21)28(23(30)13-8-17-4-2-3-5-20(17)25)26-15-16-6-9-18(10-7-16)29(31)32/h2-15H,1H3/b13-8+,26-15+. The highest BCUT2D eigenvalue weighted by Crippen LogP contribution is 2.32. The van der Waals surface area contributed by atoms with Gasteiger partial charge in [-0.2, -0.15) is 10.1 Å². The van der Waals surface area contributed by atoms with E-state index in [-0.39, 0.29) is 5.69 Å². The Morgan fingerprint density at radius 1 is 1.18 bits per heavy atom. The summed E-state index contributed by atoms with van der Waals surface area (Å²) in [6.45, 7) is 0. The first-order valence-corrected chi connectivity index (χ1v) is 11.1. The number of rotatable bonds is 7. The molecule has 0 fully saturated rings. The Bertz CT molecular complexity index is 1420. The molecule has 8 nitrogen and oxygen atoms in total. The lowest BCUT2D eigenvalue weighted by atomic mass is 10.2. The maximum Gasteiger partial charge on any atom is 0.273 e. The van der Waals surface area contributed by atoms with Crippen molar-refractivity contribution in [2.45, 2.75) is 0 Å². The number of fused-ring (bicyclic) bond motifs is 1. The molecule has 4 aromatic rings. The predicted molar refractivity (Wildman–Crippen MR) is 135 cm³/mol. The number of amides is 1. The molecule has 4 rings (SSSR count). The van der Waals surface area contributed by atoms with E-state index in [1.165, 1.54) is 40.8 Å². The van der Waals surface area contributed by atoms with E-state index < -0.39 is 10.8 Å². The normalized spacial score (nSPS) is 11.4. The minimum Gasteiger partial charge on any atom is -0.497 e. The Morgan fingerprint density at radius 2 is 1.94 bits per heavy atom. The van der Waals surface area contributed by atoms with Crippen molar-refractivity contribution in [1.82, 2.24) is 4.98 Å². The third-order valence-corrected chi connectivity index (χ3v) is 6.05. The van der Waals surface area contributed by atoms with E-state index in [0.29, 0.717) is 32.5 Å². The lowest BCUT2D eigenvalue weighted by Gasteiger charge is -2.11. The SMILES string of the molecule is COc1ccc2nc(N(/N=C/c3ccc([N+](=O)[O-])cc3)C(=O)/C=C/c3ccccc3Cl)sc2c1. The smallest absolute Gasteiger partial charge is 0.273 e. The van der Waals surface area contributed by atoms with E-state index in [2.05, 4.69) is 10.1 Å². The number of hydrogen-bond donors (Lipinski definition) is 0. The summed E-state index contributed by atoms with van der Waals surface area (Å²) in [5.41, 5.74) is 1.93. The van der Waals surface area contributed by atoms with E-state index in [4.69, 9.17) is 16.3 Å². The second-order valence-corrected chi connectivity index (χ2v) is 8.34. The number of nitrogens with zero attached hydrogens (tertiary/aromatic N) is 4. The monoisotopic (exact) mass is 492 g/mol. The fourth-order valence-corrected chi connectivity index (χ4v) is 4.12. The maximum atomic E-state index is 13.1. The number of carbonyl (C=O) groups is 1. The Morgan fingerprint density at radius 3 is 2.65 bits per heavy atom. The van der Waals surface area contributed by atoms with Crippen molar-refractivity contribution in [2.24, 2.45) is 5.10 Å². The zero-order valence-electron chi connectivity index (χ0n) is 17.8. The molecule has 0 atom stereocenters. The predicted octanol–water partition coefficient (Wildman–Crippen LogP) is 5.95. The van der Waals surface area contributed by atoms with Gasteiger partial charge in [0.25, 0.3) is 11.6 Å². The number of hydrogen-bond acceptors (Lipinski definition) is 7. The van der Waals surface area contributed by atoms with Crippen molar-refractivity contribution >= 4 is 62.2 Å². The van der Waals surface area contributed by atoms with Gasteiger partial charge in [0, 0.05) is 23.2 Å². The molecule has 0 saturated carbocycles. The average Bonchev–Trinajstić information content (AvgIpc) is 3.26. The number of hydrazone groups is 1. The third kappa shape index (κ3) is 5.28. The molecule has 1 aromatic heterocycles. The second kappa shape index (κ2) is 10.2. The highest BCUT2D eigenvalue weighted by molar-refractivity contribution is 7.22. The molecular weight excluding hydrogens is 476 g/mol. The molecule has 0 bridgehead atoms. The van der Waals surface area contributed by atoms with Crippen LogP contribution in [-0.2, 0) is 4.79 Å². The molecular formula is C24H17ClN4O4S. The molecule has 10 heteroatoms. The number of ether oxygens (including phenoxy) is 1. The van der Waals surface area contributed by atoms with Gasteiger partial charge in [-0.25, -0.2) is 4.98 Å². The van der Waals surface area contributed by atoms with Crippen LogP contribution in [0.4, 0.5) is 10.8 Å². The van der Waals surface area contributed by atoms with Crippen molar-refractivity contribution in [3.05, 3.63) is 99.1 Å². The quantitative estimate of drug-likeness (QED) is 0.137. The van der Waals surface area contributed by atoms with Gasteiger partial charge in [-0.3, -0.25) is 14.9 Å². The Hall–Kier alpha value is -4.08. The summed E-state index contributed by atoms with van der Waals surface area (Å²) in [4.78, 5) is 28.1. The minimum atomic E-state index is -0.480. The number of methoxy groups -OCH3 is 1. The van der Waals surface area contributed by atoms with Gasteiger partial charge in [-0.05, 0) is 53.6 Å². The van der Waals surface area contributed by atoms with Crippen LogP contribution in [0.25, 0.3) is 16.3 Å². The molecule has 1 amide bonds. The minimum absolute atomic E-state index is 0.0344.